The van der Waals surface area contributed by atoms with Crippen molar-refractivity contribution >= 4 is 17.8 Å². The Labute approximate surface area is 277 Å². The molecule has 11 nitrogen and oxygen atoms in total. The van der Waals surface area contributed by atoms with Gasteiger partial charge in [0.25, 0.3) is 5.79 Å². The molecule has 2 aromatic rings. The normalized spacial score (nSPS) is 17.9. The van der Waals surface area contributed by atoms with Crippen molar-refractivity contribution in [2.45, 2.75) is 69.3 Å². The van der Waals surface area contributed by atoms with Gasteiger partial charge in [-0.15, -0.1) is 12.3 Å². The topological polar surface area (TPSA) is 164 Å². The lowest BCUT2D eigenvalue weighted by molar-refractivity contribution is -0.241. The maximum absolute atomic E-state index is 12.5. The predicted molar refractivity (Wildman–Crippen MR) is 176 cm³/mol. The van der Waals surface area contributed by atoms with Gasteiger partial charge in [0, 0.05) is 39.1 Å². The summed E-state index contributed by atoms with van der Waals surface area (Å²) in [5, 5.41) is 35.3. The van der Waals surface area contributed by atoms with Gasteiger partial charge in [-0.2, -0.15) is 0 Å². The number of aliphatic hydroxyl groups is 2. The van der Waals surface area contributed by atoms with Crippen molar-refractivity contribution < 1.29 is 43.9 Å². The molecule has 1 aliphatic carbocycles. The van der Waals surface area contributed by atoms with Crippen LogP contribution in [0, 0.1) is 24.2 Å². The second-order valence-corrected chi connectivity index (χ2v) is 11.9. The molecule has 0 aromatic heterocycles. The summed E-state index contributed by atoms with van der Waals surface area (Å²) >= 11 is 0. The first-order chi connectivity index (χ1) is 22.7. The van der Waals surface area contributed by atoms with E-state index in [9.17, 15) is 29.7 Å². The number of carbonyl (C=O) groups is 3. The molecule has 2 amide bonds. The first kappa shape index (κ1) is 37.7. The lowest BCUT2D eigenvalue weighted by Crippen LogP contribution is -2.47. The Balaban J connectivity index is 1.41. The first-order valence-corrected chi connectivity index (χ1v) is 16.1. The van der Waals surface area contributed by atoms with E-state index in [4.69, 9.17) is 20.6 Å². The maximum atomic E-state index is 12.5. The molecule has 0 saturated heterocycles. The summed E-state index contributed by atoms with van der Waals surface area (Å²) in [6.45, 7) is 0.123. The van der Waals surface area contributed by atoms with Gasteiger partial charge < -0.3 is 40.2 Å². The number of carbonyl (C=O) groups excluding carboxylic acids is 2. The van der Waals surface area contributed by atoms with E-state index in [2.05, 4.69) is 16.6 Å². The maximum Gasteiger partial charge on any atom is 0.364 e. The molecule has 1 aliphatic rings. The molecular formula is C36H48N2O9. The number of benzene rings is 2. The minimum atomic E-state index is -1.99. The number of nitrogens with one attached hydrogen (secondary N) is 2. The van der Waals surface area contributed by atoms with Crippen LogP contribution in [-0.4, -0.2) is 91.1 Å². The number of hydrogen-bond donors (Lipinski definition) is 5. The third-order valence-electron chi connectivity index (χ3n) is 8.41. The first-order valence-electron chi connectivity index (χ1n) is 16.1. The van der Waals surface area contributed by atoms with Gasteiger partial charge in [-0.1, -0.05) is 54.6 Å². The Morgan fingerprint density at radius 2 is 1.72 bits per heavy atom. The molecule has 5 N–H and O–H groups in total. The molecule has 11 heteroatoms. The number of hydrogen-bond acceptors (Lipinski definition) is 8. The number of rotatable bonds is 23. The van der Waals surface area contributed by atoms with Crippen molar-refractivity contribution in [2.75, 3.05) is 40.1 Å². The standard InChI is InChI=1S/C36H48N2O9/c1-3-7-29-23-30(29)16-19-46-20-21-47-36(45-2,35(43)44)17-14-31(38-34(42)25-39)24-32(40)15-18-37-33(41)22-26-10-12-28(13-11-26)27-8-5-4-6-9-27/h1,4-6,8-13,29-32,39-40H,7,14-25H2,2H3,(H,37,41)(H,38,42)(H,43,44)/t29?,30?,31-,32-,36?/m1/s1. The summed E-state index contributed by atoms with van der Waals surface area (Å²) in [5.74, 6) is -0.357. The number of terminal acetylenes is 1. The van der Waals surface area contributed by atoms with Gasteiger partial charge in [0.15, 0.2) is 0 Å². The number of methoxy groups -OCH3 is 1. The molecule has 1 saturated carbocycles. The molecule has 0 radical (unpaired) electrons. The van der Waals surface area contributed by atoms with Gasteiger partial charge in [-0.25, -0.2) is 4.79 Å². The molecule has 3 rings (SSSR count). The van der Waals surface area contributed by atoms with Crippen LogP contribution in [-0.2, 0) is 35.0 Å². The number of carboxylic acid groups (broad SMARTS) is 1. The molecule has 47 heavy (non-hydrogen) atoms. The van der Waals surface area contributed by atoms with Crippen LogP contribution in [0.5, 0.6) is 0 Å². The smallest absolute Gasteiger partial charge is 0.364 e. The Hall–Kier alpha value is -3.79. The van der Waals surface area contributed by atoms with Crippen LogP contribution in [0.15, 0.2) is 54.6 Å². The third-order valence-corrected chi connectivity index (χ3v) is 8.41. The van der Waals surface area contributed by atoms with Crippen LogP contribution >= 0.6 is 0 Å². The molecule has 256 valence electrons. The van der Waals surface area contributed by atoms with Gasteiger partial charge in [0.2, 0.25) is 11.8 Å². The molecule has 0 heterocycles. The van der Waals surface area contributed by atoms with Gasteiger partial charge in [0.1, 0.15) is 6.61 Å². The molecule has 1 fully saturated rings. The fourth-order valence-corrected chi connectivity index (χ4v) is 5.56. The predicted octanol–water partition coefficient (Wildman–Crippen LogP) is 2.92. The van der Waals surface area contributed by atoms with E-state index in [1.807, 2.05) is 54.6 Å². The van der Waals surface area contributed by atoms with Gasteiger partial charge in [-0.05, 0) is 60.6 Å². The zero-order valence-electron chi connectivity index (χ0n) is 27.1. The second kappa shape index (κ2) is 19.8. The van der Waals surface area contributed by atoms with Crippen LogP contribution in [0.25, 0.3) is 11.1 Å². The van der Waals surface area contributed by atoms with E-state index in [-0.39, 0.29) is 57.8 Å². The summed E-state index contributed by atoms with van der Waals surface area (Å²) in [5.41, 5.74) is 3.01. The average molecular weight is 653 g/mol. The largest absolute Gasteiger partial charge is 0.477 e. The van der Waals surface area contributed by atoms with Gasteiger partial charge in [-0.3, -0.25) is 9.59 Å². The van der Waals surface area contributed by atoms with Crippen molar-refractivity contribution in [3.05, 3.63) is 60.2 Å². The molecule has 2 aromatic carbocycles. The number of amides is 2. The highest BCUT2D eigenvalue weighted by atomic mass is 16.7. The zero-order chi connectivity index (χ0) is 34.1. The van der Waals surface area contributed by atoms with Crippen molar-refractivity contribution in [2.24, 2.45) is 11.8 Å². The second-order valence-electron chi connectivity index (χ2n) is 11.9. The Morgan fingerprint density at radius 1 is 1.00 bits per heavy atom. The van der Waals surface area contributed by atoms with Crippen LogP contribution in [0.3, 0.4) is 0 Å². The Kier molecular flexibility index (Phi) is 15.8. The average Bonchev–Trinajstić information content (AvgIpc) is 3.82. The van der Waals surface area contributed by atoms with E-state index in [0.717, 1.165) is 36.0 Å². The van der Waals surface area contributed by atoms with Crippen molar-refractivity contribution in [1.82, 2.24) is 10.6 Å². The number of aliphatic carboxylic acids is 1. The fourth-order valence-electron chi connectivity index (χ4n) is 5.56. The highest BCUT2D eigenvalue weighted by Gasteiger charge is 2.41. The van der Waals surface area contributed by atoms with Crippen LogP contribution in [0.1, 0.15) is 50.5 Å². The summed E-state index contributed by atoms with van der Waals surface area (Å²) < 4.78 is 16.5. The van der Waals surface area contributed by atoms with Gasteiger partial charge in [0.05, 0.1) is 25.7 Å². The lowest BCUT2D eigenvalue weighted by atomic mass is 9.98. The fraction of sp³-hybridized carbons (Fsp3) is 0.528. The summed E-state index contributed by atoms with van der Waals surface area (Å²) in [6, 6.07) is 17.0. The third kappa shape index (κ3) is 13.1. The highest BCUT2D eigenvalue weighted by molar-refractivity contribution is 5.79. The molecule has 0 bridgehead atoms. The summed E-state index contributed by atoms with van der Waals surface area (Å²) in [6.07, 6.45) is 7.60. The van der Waals surface area contributed by atoms with Crippen molar-refractivity contribution in [3.63, 3.8) is 0 Å². The minimum Gasteiger partial charge on any atom is -0.477 e. The van der Waals surface area contributed by atoms with Crippen LogP contribution in [0.4, 0.5) is 0 Å². The number of carboxylic acids is 1. The van der Waals surface area contributed by atoms with E-state index in [0.29, 0.717) is 18.4 Å². The zero-order valence-corrected chi connectivity index (χ0v) is 27.1. The van der Waals surface area contributed by atoms with Gasteiger partial charge >= 0.3 is 5.97 Å². The minimum absolute atomic E-state index is 0.0221. The van der Waals surface area contributed by atoms with E-state index >= 15 is 0 Å². The molecule has 3 unspecified atom stereocenters. The van der Waals surface area contributed by atoms with Crippen molar-refractivity contribution in [1.29, 1.82) is 0 Å². The lowest BCUT2D eigenvalue weighted by Gasteiger charge is -2.30. The van der Waals surface area contributed by atoms with Crippen molar-refractivity contribution in [3.8, 4) is 23.5 Å². The molecule has 0 spiro atoms. The number of aliphatic hydroxyl groups excluding tert-OH is 2. The summed E-state index contributed by atoms with van der Waals surface area (Å²) in [7, 11) is 1.23. The summed E-state index contributed by atoms with van der Waals surface area (Å²) in [4.78, 5) is 36.7. The van der Waals surface area contributed by atoms with Crippen LogP contribution in [0.2, 0.25) is 0 Å². The number of ether oxygens (including phenoxy) is 3. The molecule has 5 atom stereocenters. The Morgan fingerprint density at radius 3 is 2.38 bits per heavy atom. The van der Waals surface area contributed by atoms with E-state index < -0.39 is 36.4 Å². The molecular weight excluding hydrogens is 604 g/mol. The quantitative estimate of drug-likeness (QED) is 0.0690. The van der Waals surface area contributed by atoms with E-state index in [1.165, 1.54) is 7.11 Å². The monoisotopic (exact) mass is 652 g/mol. The SMILES string of the molecule is C#CCC1CC1CCOCCOC(CC[C@H](C[C@H](O)CCNC(=O)Cc1ccc(-c2ccccc2)cc1)NC(=O)CO)(OC)C(=O)O. The highest BCUT2D eigenvalue weighted by Crippen LogP contribution is 2.43. The molecule has 0 aliphatic heterocycles. The Bertz CT molecular complexity index is 1300. The van der Waals surface area contributed by atoms with E-state index in [1.54, 1.807) is 0 Å². The van der Waals surface area contributed by atoms with Crippen LogP contribution < -0.4 is 10.6 Å².